The van der Waals surface area contributed by atoms with Gasteiger partial charge in [0, 0.05) is 0 Å². The summed E-state index contributed by atoms with van der Waals surface area (Å²) in [6.45, 7) is 2.18. The molecule has 0 spiro atoms. The van der Waals surface area contributed by atoms with Crippen LogP contribution in [0.3, 0.4) is 0 Å². The molecule has 0 aliphatic rings. The number of unbranched alkanes of at least 4 members (excludes halogenated alkanes) is 1. The standard InChI is InChI=1S/C11H14Br2OTe/c1-2-3-8-15(12,13)11-7-5-4-6-10(11)9-14/h4-7,9H,2-3,8H2,1H3. The maximum absolute atomic E-state index is 10.9. The van der Waals surface area contributed by atoms with Crippen LogP contribution in [0.4, 0.5) is 0 Å². The van der Waals surface area contributed by atoms with Gasteiger partial charge in [-0.25, -0.2) is 0 Å². The van der Waals surface area contributed by atoms with Crippen LogP contribution >= 0.6 is 25.5 Å². The monoisotopic (exact) mass is 450 g/mol. The first-order chi connectivity index (χ1) is 7.11. The van der Waals surface area contributed by atoms with E-state index in [0.717, 1.165) is 16.3 Å². The van der Waals surface area contributed by atoms with Crippen molar-refractivity contribution in [2.75, 3.05) is 0 Å². The minimum atomic E-state index is -2.32. The third kappa shape index (κ3) is 3.85. The third-order valence-corrected chi connectivity index (χ3v) is 16.3. The van der Waals surface area contributed by atoms with E-state index >= 15 is 0 Å². The molecular formula is C11H14Br2OTe. The van der Waals surface area contributed by atoms with E-state index in [-0.39, 0.29) is 0 Å². The fourth-order valence-corrected chi connectivity index (χ4v) is 12.9. The Kier molecular flexibility index (Phi) is 5.84. The number of hydrogen-bond acceptors (Lipinski definition) is 1. The number of benzene rings is 1. The van der Waals surface area contributed by atoms with E-state index in [2.05, 4.69) is 38.5 Å². The molecule has 84 valence electrons. The van der Waals surface area contributed by atoms with Gasteiger partial charge in [0.1, 0.15) is 0 Å². The summed E-state index contributed by atoms with van der Waals surface area (Å²) in [5, 5.41) is 0. The van der Waals surface area contributed by atoms with Crippen molar-refractivity contribution < 1.29 is 4.79 Å². The molecule has 0 amide bonds. The predicted octanol–water partition coefficient (Wildman–Crippen LogP) is 3.74. The summed E-state index contributed by atoms with van der Waals surface area (Å²) < 4.78 is 2.35. The molecule has 0 aliphatic carbocycles. The quantitative estimate of drug-likeness (QED) is 0.494. The van der Waals surface area contributed by atoms with Crippen molar-refractivity contribution in [2.24, 2.45) is 0 Å². The molecule has 0 N–H and O–H groups in total. The first-order valence-corrected chi connectivity index (χ1v) is 18.1. The van der Waals surface area contributed by atoms with Gasteiger partial charge < -0.3 is 0 Å². The second-order valence-corrected chi connectivity index (χ2v) is 29.7. The number of aldehydes is 1. The number of halogens is 2. The van der Waals surface area contributed by atoms with E-state index in [9.17, 15) is 4.79 Å². The zero-order chi connectivity index (χ0) is 11.3. The summed E-state index contributed by atoms with van der Waals surface area (Å²) in [4.78, 5) is 10.9. The summed E-state index contributed by atoms with van der Waals surface area (Å²) in [5.74, 6) is 0. The van der Waals surface area contributed by atoms with Crippen molar-refractivity contribution in [3.8, 4) is 0 Å². The Hall–Kier alpha value is 0.640. The number of rotatable bonds is 5. The van der Waals surface area contributed by atoms with E-state index < -0.39 is 13.8 Å². The van der Waals surface area contributed by atoms with Crippen molar-refractivity contribution in [1.29, 1.82) is 0 Å². The number of carbonyl (C=O) groups excluding carboxylic acids is 1. The van der Waals surface area contributed by atoms with Gasteiger partial charge in [-0.1, -0.05) is 0 Å². The molecule has 15 heavy (non-hydrogen) atoms. The molecule has 1 nitrogen and oxygen atoms in total. The van der Waals surface area contributed by atoms with Gasteiger partial charge in [0.05, 0.1) is 0 Å². The summed E-state index contributed by atoms with van der Waals surface area (Å²) in [6, 6.07) is 7.85. The second kappa shape index (κ2) is 6.39. The molecule has 0 bridgehead atoms. The predicted molar refractivity (Wildman–Crippen MR) is 74.8 cm³/mol. The van der Waals surface area contributed by atoms with E-state index in [1.54, 1.807) is 0 Å². The zero-order valence-electron chi connectivity index (χ0n) is 8.58. The van der Waals surface area contributed by atoms with Crippen LogP contribution < -0.4 is 3.61 Å². The molecule has 1 aromatic rings. The van der Waals surface area contributed by atoms with Crippen molar-refractivity contribution >= 4 is 49.2 Å². The molecule has 0 atom stereocenters. The molecule has 1 rings (SSSR count). The molecule has 1 aromatic carbocycles. The first kappa shape index (κ1) is 13.7. The zero-order valence-corrected chi connectivity index (χ0v) is 14.1. The SMILES string of the molecule is CCCC[Te](Br)(Br)c1ccccc1C=O. The van der Waals surface area contributed by atoms with Crippen LogP contribution in [0.15, 0.2) is 24.3 Å². The Balaban J connectivity index is 2.97. The molecular weight excluding hydrogens is 436 g/mol. The topological polar surface area (TPSA) is 17.1 Å². The second-order valence-electron chi connectivity index (χ2n) is 3.29. The average Bonchev–Trinajstić information content (AvgIpc) is 2.26. The Labute approximate surface area is 107 Å². The molecule has 4 heteroatoms. The van der Waals surface area contributed by atoms with Gasteiger partial charge in [0.2, 0.25) is 0 Å². The van der Waals surface area contributed by atoms with Gasteiger partial charge in [-0.2, -0.15) is 0 Å². The van der Waals surface area contributed by atoms with Gasteiger partial charge >= 0.3 is 108 Å². The van der Waals surface area contributed by atoms with Gasteiger partial charge in [0.25, 0.3) is 0 Å². The number of hydrogen-bond donors (Lipinski definition) is 0. The van der Waals surface area contributed by atoms with Gasteiger partial charge in [0.15, 0.2) is 0 Å². The summed E-state index contributed by atoms with van der Waals surface area (Å²) in [6.07, 6.45) is 3.34. The van der Waals surface area contributed by atoms with Crippen LogP contribution in [0.25, 0.3) is 0 Å². The fraction of sp³-hybridized carbons (Fsp3) is 0.364. The van der Waals surface area contributed by atoms with Gasteiger partial charge in [-0.15, -0.1) is 0 Å². The molecule has 0 heterocycles. The van der Waals surface area contributed by atoms with E-state index in [4.69, 9.17) is 0 Å². The molecule has 0 saturated heterocycles. The van der Waals surface area contributed by atoms with E-state index in [1.807, 2.05) is 18.2 Å². The van der Waals surface area contributed by atoms with Crippen LogP contribution in [-0.2, 0) is 0 Å². The minimum absolute atomic E-state index is 0.823. The van der Waals surface area contributed by atoms with Crippen LogP contribution in [-0.4, -0.2) is 20.1 Å². The Morgan fingerprint density at radius 2 is 2.00 bits per heavy atom. The molecule has 0 aromatic heterocycles. The van der Waals surface area contributed by atoms with E-state index in [1.165, 1.54) is 16.5 Å². The molecule has 0 radical (unpaired) electrons. The molecule has 0 fully saturated rings. The van der Waals surface area contributed by atoms with Crippen molar-refractivity contribution in [2.45, 2.75) is 24.2 Å². The average molecular weight is 450 g/mol. The third-order valence-electron chi connectivity index (χ3n) is 2.12. The summed E-state index contributed by atoms with van der Waals surface area (Å²) in [7, 11) is 0. The Morgan fingerprint density at radius 3 is 2.60 bits per heavy atom. The van der Waals surface area contributed by atoms with Crippen molar-refractivity contribution in [3.05, 3.63) is 29.8 Å². The number of carbonyl (C=O) groups is 1. The van der Waals surface area contributed by atoms with Crippen LogP contribution in [0, 0.1) is 0 Å². The molecule has 0 unspecified atom stereocenters. The normalized spacial score (nSPS) is 12.5. The summed E-state index contributed by atoms with van der Waals surface area (Å²) >= 11 is 5.34. The Morgan fingerprint density at radius 1 is 1.33 bits per heavy atom. The van der Waals surface area contributed by atoms with Crippen LogP contribution in [0.1, 0.15) is 30.1 Å². The first-order valence-electron chi connectivity index (χ1n) is 4.86. The Bertz CT molecular complexity index is 339. The molecule has 0 saturated carbocycles. The molecule has 0 aliphatic heterocycles. The fourth-order valence-electron chi connectivity index (χ4n) is 1.29. The van der Waals surface area contributed by atoms with Gasteiger partial charge in [-0.3, -0.25) is 0 Å². The van der Waals surface area contributed by atoms with Gasteiger partial charge in [-0.05, 0) is 0 Å². The van der Waals surface area contributed by atoms with Crippen LogP contribution in [0.2, 0.25) is 4.47 Å². The van der Waals surface area contributed by atoms with Crippen LogP contribution in [0.5, 0.6) is 0 Å². The maximum atomic E-state index is 10.9. The summed E-state index contributed by atoms with van der Waals surface area (Å²) in [5.41, 5.74) is 0.823. The van der Waals surface area contributed by atoms with Crippen molar-refractivity contribution in [3.63, 3.8) is 0 Å². The van der Waals surface area contributed by atoms with Crippen molar-refractivity contribution in [1.82, 2.24) is 0 Å². The van der Waals surface area contributed by atoms with E-state index in [0.29, 0.717) is 0 Å².